The number of benzene rings is 2. The summed E-state index contributed by atoms with van der Waals surface area (Å²) in [5.41, 5.74) is 1.15. The first-order chi connectivity index (χ1) is 8.65. The zero-order valence-corrected chi connectivity index (χ0v) is 10.2. The highest BCUT2D eigenvalue weighted by molar-refractivity contribution is 6.30. The third-order valence-corrected chi connectivity index (χ3v) is 2.62. The number of carbonyl (C=O) groups excluding carboxylic acids is 1. The van der Waals surface area contributed by atoms with E-state index in [0.29, 0.717) is 10.6 Å². The first-order valence-corrected chi connectivity index (χ1v) is 5.76. The molecule has 2 rings (SSSR count). The van der Waals surface area contributed by atoms with Gasteiger partial charge in [-0.15, -0.1) is 0 Å². The van der Waals surface area contributed by atoms with Crippen LogP contribution >= 0.6 is 11.6 Å². The molecule has 0 aliphatic heterocycles. The molecule has 0 atom stereocenters. The van der Waals surface area contributed by atoms with E-state index in [9.17, 15) is 9.18 Å². The van der Waals surface area contributed by atoms with Crippen molar-refractivity contribution in [3.05, 3.63) is 76.6 Å². The monoisotopic (exact) mass is 260 g/mol. The molecular formula is C15H10ClFO. The summed E-state index contributed by atoms with van der Waals surface area (Å²) in [6.07, 6.45) is 3.06. The zero-order chi connectivity index (χ0) is 13.0. The molecule has 0 radical (unpaired) electrons. The lowest BCUT2D eigenvalue weighted by Gasteiger charge is -1.96. The molecule has 0 saturated carbocycles. The topological polar surface area (TPSA) is 17.1 Å². The molecule has 0 fully saturated rings. The summed E-state index contributed by atoms with van der Waals surface area (Å²) in [5.74, 6) is -0.661. The highest BCUT2D eigenvalue weighted by Gasteiger charge is 2.02. The molecule has 2 aromatic rings. The minimum Gasteiger partial charge on any atom is -0.289 e. The van der Waals surface area contributed by atoms with Crippen LogP contribution in [0.3, 0.4) is 0 Å². The highest BCUT2D eigenvalue weighted by Crippen LogP contribution is 2.12. The van der Waals surface area contributed by atoms with Gasteiger partial charge >= 0.3 is 0 Å². The molecule has 0 aliphatic rings. The molecule has 90 valence electrons. The quantitative estimate of drug-likeness (QED) is 0.591. The van der Waals surface area contributed by atoms with Crippen LogP contribution < -0.4 is 0 Å². The van der Waals surface area contributed by atoms with Crippen molar-refractivity contribution in [1.82, 2.24) is 0 Å². The molecule has 3 heteroatoms. The Balaban J connectivity index is 2.17. The molecule has 0 spiro atoms. The molecule has 0 aliphatic carbocycles. The van der Waals surface area contributed by atoms with E-state index < -0.39 is 5.82 Å². The fourth-order valence-electron chi connectivity index (χ4n) is 1.52. The highest BCUT2D eigenvalue weighted by atomic mass is 35.5. The summed E-state index contributed by atoms with van der Waals surface area (Å²) in [5, 5.41) is 0.607. The Labute approximate surface area is 110 Å². The number of allylic oxidation sites excluding steroid dienone is 1. The maximum absolute atomic E-state index is 12.9. The van der Waals surface area contributed by atoms with Crippen molar-refractivity contribution in [1.29, 1.82) is 0 Å². The van der Waals surface area contributed by atoms with Gasteiger partial charge < -0.3 is 0 Å². The molecule has 2 aromatic carbocycles. The summed E-state index contributed by atoms with van der Waals surface area (Å²) < 4.78 is 12.9. The van der Waals surface area contributed by atoms with E-state index in [-0.39, 0.29) is 5.78 Å². The van der Waals surface area contributed by atoms with Crippen molar-refractivity contribution in [2.75, 3.05) is 0 Å². The molecule has 0 amide bonds. The number of halogens is 2. The molecular weight excluding hydrogens is 251 g/mol. The van der Waals surface area contributed by atoms with Crippen LogP contribution in [0.15, 0.2) is 54.6 Å². The van der Waals surface area contributed by atoms with Gasteiger partial charge in [0.15, 0.2) is 5.78 Å². The Morgan fingerprint density at radius 1 is 1.11 bits per heavy atom. The van der Waals surface area contributed by atoms with Crippen LogP contribution in [0, 0.1) is 5.82 Å². The van der Waals surface area contributed by atoms with Gasteiger partial charge in [-0.25, -0.2) is 4.39 Å². The van der Waals surface area contributed by atoms with E-state index in [0.717, 1.165) is 5.56 Å². The van der Waals surface area contributed by atoms with E-state index in [1.165, 1.54) is 24.3 Å². The molecule has 1 nitrogen and oxygen atoms in total. The van der Waals surface area contributed by atoms with Crippen molar-refractivity contribution >= 4 is 23.5 Å². The summed E-state index contributed by atoms with van der Waals surface area (Å²) in [6, 6.07) is 12.7. The Kier molecular flexibility index (Phi) is 3.90. The number of carbonyl (C=O) groups is 1. The van der Waals surface area contributed by atoms with E-state index in [4.69, 9.17) is 11.6 Å². The summed E-state index contributed by atoms with van der Waals surface area (Å²) in [6.45, 7) is 0. The van der Waals surface area contributed by atoms with Crippen LogP contribution in [0.5, 0.6) is 0 Å². The molecule has 0 aromatic heterocycles. The van der Waals surface area contributed by atoms with Gasteiger partial charge in [-0.2, -0.15) is 0 Å². The first-order valence-electron chi connectivity index (χ1n) is 5.39. The minimum atomic E-state index is -0.419. The Morgan fingerprint density at radius 2 is 1.89 bits per heavy atom. The van der Waals surface area contributed by atoms with Gasteiger partial charge in [0.05, 0.1) is 0 Å². The Bertz CT molecular complexity index is 605. The molecule has 0 N–H and O–H groups in total. The molecule has 0 heterocycles. The largest absolute Gasteiger partial charge is 0.289 e. The lowest BCUT2D eigenvalue weighted by atomic mass is 10.1. The standard InChI is InChI=1S/C15H10ClFO/c16-13-5-1-3-11(9-13)7-8-15(18)12-4-2-6-14(17)10-12/h1-10H/b8-7+. The predicted octanol–water partition coefficient (Wildman–Crippen LogP) is 4.38. The van der Waals surface area contributed by atoms with Crippen molar-refractivity contribution < 1.29 is 9.18 Å². The third-order valence-electron chi connectivity index (χ3n) is 2.38. The molecule has 0 unspecified atom stereocenters. The number of rotatable bonds is 3. The van der Waals surface area contributed by atoms with Crippen molar-refractivity contribution in [3.63, 3.8) is 0 Å². The smallest absolute Gasteiger partial charge is 0.185 e. The average Bonchev–Trinajstić information content (AvgIpc) is 2.36. The van der Waals surface area contributed by atoms with E-state index in [1.807, 2.05) is 6.07 Å². The van der Waals surface area contributed by atoms with Gasteiger partial charge in [0.1, 0.15) is 5.82 Å². The fraction of sp³-hybridized carbons (Fsp3) is 0. The van der Waals surface area contributed by atoms with Crippen molar-refractivity contribution in [2.45, 2.75) is 0 Å². The molecule has 18 heavy (non-hydrogen) atoms. The maximum atomic E-state index is 12.9. The van der Waals surface area contributed by atoms with Crippen LogP contribution in [0.4, 0.5) is 4.39 Å². The second kappa shape index (κ2) is 5.61. The zero-order valence-electron chi connectivity index (χ0n) is 9.44. The van der Waals surface area contributed by atoms with Gasteiger partial charge in [0.25, 0.3) is 0 Å². The normalized spacial score (nSPS) is 10.8. The average molecular weight is 261 g/mol. The predicted molar refractivity (Wildman–Crippen MR) is 71.2 cm³/mol. The molecule has 0 bridgehead atoms. The van der Waals surface area contributed by atoms with E-state index in [1.54, 1.807) is 30.3 Å². The van der Waals surface area contributed by atoms with Crippen LogP contribution in [0.2, 0.25) is 5.02 Å². The summed E-state index contributed by atoms with van der Waals surface area (Å²) >= 11 is 5.83. The second-order valence-corrected chi connectivity index (χ2v) is 4.20. The summed E-state index contributed by atoms with van der Waals surface area (Å²) in [7, 11) is 0. The Morgan fingerprint density at radius 3 is 2.61 bits per heavy atom. The second-order valence-electron chi connectivity index (χ2n) is 3.76. The maximum Gasteiger partial charge on any atom is 0.185 e. The van der Waals surface area contributed by atoms with Gasteiger partial charge in [-0.05, 0) is 35.9 Å². The Hall–Kier alpha value is -1.93. The van der Waals surface area contributed by atoms with E-state index in [2.05, 4.69) is 0 Å². The third kappa shape index (κ3) is 3.28. The van der Waals surface area contributed by atoms with Crippen molar-refractivity contribution in [2.24, 2.45) is 0 Å². The van der Waals surface area contributed by atoms with Crippen LogP contribution in [-0.2, 0) is 0 Å². The van der Waals surface area contributed by atoms with Crippen LogP contribution in [0.1, 0.15) is 15.9 Å². The van der Waals surface area contributed by atoms with Crippen LogP contribution in [-0.4, -0.2) is 5.78 Å². The number of ketones is 1. The minimum absolute atomic E-state index is 0.241. The molecule has 0 saturated heterocycles. The SMILES string of the molecule is O=C(/C=C/c1cccc(Cl)c1)c1cccc(F)c1. The summed E-state index contributed by atoms with van der Waals surface area (Å²) in [4.78, 5) is 11.8. The first kappa shape index (κ1) is 12.5. The van der Waals surface area contributed by atoms with Crippen LogP contribution in [0.25, 0.3) is 6.08 Å². The lowest BCUT2D eigenvalue weighted by molar-refractivity contribution is 0.104. The van der Waals surface area contributed by atoms with Gasteiger partial charge in [-0.3, -0.25) is 4.79 Å². The van der Waals surface area contributed by atoms with Gasteiger partial charge in [0, 0.05) is 10.6 Å². The number of hydrogen-bond acceptors (Lipinski definition) is 1. The fourth-order valence-corrected chi connectivity index (χ4v) is 1.72. The van der Waals surface area contributed by atoms with Gasteiger partial charge in [-0.1, -0.05) is 41.9 Å². The van der Waals surface area contributed by atoms with E-state index >= 15 is 0 Å². The lowest BCUT2D eigenvalue weighted by Crippen LogP contribution is -1.94. The van der Waals surface area contributed by atoms with Crippen molar-refractivity contribution in [3.8, 4) is 0 Å². The van der Waals surface area contributed by atoms with Gasteiger partial charge in [0.2, 0.25) is 0 Å². The number of hydrogen-bond donors (Lipinski definition) is 0.